The van der Waals surface area contributed by atoms with E-state index >= 15 is 0 Å². The third kappa shape index (κ3) is 4.68. The zero-order valence-corrected chi connectivity index (χ0v) is 17.0. The van der Waals surface area contributed by atoms with Gasteiger partial charge in [0.05, 0.1) is 17.9 Å². The number of nitrogens with zero attached hydrogens (tertiary/aromatic N) is 2. The highest BCUT2D eigenvalue weighted by Crippen LogP contribution is 2.28. The van der Waals surface area contributed by atoms with Crippen molar-refractivity contribution in [1.82, 2.24) is 15.1 Å². The Kier molecular flexibility index (Phi) is 5.81. The summed E-state index contributed by atoms with van der Waals surface area (Å²) in [5, 5.41) is 6.87. The lowest BCUT2D eigenvalue weighted by molar-refractivity contribution is -0.145. The van der Waals surface area contributed by atoms with Crippen LogP contribution in [0.5, 0.6) is 5.75 Å². The molecule has 156 valence electrons. The second-order valence-electron chi connectivity index (χ2n) is 7.57. The Balaban J connectivity index is 1.45. The number of benzene rings is 2. The molecule has 1 aliphatic rings. The van der Waals surface area contributed by atoms with Gasteiger partial charge < -0.3 is 14.4 Å². The van der Waals surface area contributed by atoms with Gasteiger partial charge in [-0.2, -0.15) is 5.10 Å². The molecular weight excluding hydrogens is 385 g/mol. The molecule has 0 saturated carbocycles. The van der Waals surface area contributed by atoms with Gasteiger partial charge in [-0.15, -0.1) is 0 Å². The number of aromatic amines is 1. The van der Waals surface area contributed by atoms with Gasteiger partial charge in [-0.05, 0) is 48.7 Å². The summed E-state index contributed by atoms with van der Waals surface area (Å²) < 4.78 is 25.5. The lowest BCUT2D eigenvalue weighted by Crippen LogP contribution is -2.49. The van der Waals surface area contributed by atoms with E-state index in [9.17, 15) is 9.18 Å². The van der Waals surface area contributed by atoms with Crippen LogP contribution in [0.2, 0.25) is 0 Å². The Labute approximate surface area is 174 Å². The van der Waals surface area contributed by atoms with E-state index in [1.165, 1.54) is 12.1 Å². The van der Waals surface area contributed by atoms with Crippen LogP contribution in [-0.2, 0) is 9.53 Å². The molecule has 4 rings (SSSR count). The third-order valence-corrected chi connectivity index (χ3v) is 5.04. The van der Waals surface area contributed by atoms with E-state index in [0.717, 1.165) is 16.8 Å². The Morgan fingerprint density at radius 3 is 2.47 bits per heavy atom. The monoisotopic (exact) mass is 409 g/mol. The van der Waals surface area contributed by atoms with Crippen LogP contribution in [0.4, 0.5) is 4.39 Å². The molecule has 1 N–H and O–H groups in total. The number of carbonyl (C=O) groups excluding carboxylic acids is 1. The maximum Gasteiger partial charge on any atom is 0.260 e. The summed E-state index contributed by atoms with van der Waals surface area (Å²) in [4.78, 5) is 14.2. The van der Waals surface area contributed by atoms with Gasteiger partial charge in [0.2, 0.25) is 0 Å². The zero-order chi connectivity index (χ0) is 21.1. The number of hydrogen-bond donors (Lipinski definition) is 1. The molecule has 1 aromatic heterocycles. The number of aromatic nitrogens is 2. The van der Waals surface area contributed by atoms with Crippen molar-refractivity contribution < 1.29 is 18.7 Å². The van der Waals surface area contributed by atoms with Crippen molar-refractivity contribution >= 4 is 5.91 Å². The lowest BCUT2D eigenvalue weighted by atomic mass is 10.0. The first-order valence-electron chi connectivity index (χ1n) is 9.95. The summed E-state index contributed by atoms with van der Waals surface area (Å²) in [5.74, 6) is -0.224. The van der Waals surface area contributed by atoms with Crippen molar-refractivity contribution in [2.75, 3.05) is 19.7 Å². The standard InChI is InChI=1S/C23H24FN3O3/c1-15-12-27(13-16(2)30-15)23(28)14-29-21-10-19(9-20(24)11-21)17-3-5-18(6-4-17)22-7-8-25-26-22/h3-11,15-16H,12-14H2,1-2H3,(H,25,26)/t15-,16+. The number of morpholine rings is 1. The molecule has 0 unspecified atom stereocenters. The van der Waals surface area contributed by atoms with E-state index in [0.29, 0.717) is 24.4 Å². The molecule has 30 heavy (non-hydrogen) atoms. The quantitative estimate of drug-likeness (QED) is 0.694. The lowest BCUT2D eigenvalue weighted by Gasteiger charge is -2.35. The summed E-state index contributed by atoms with van der Waals surface area (Å²) in [6.07, 6.45) is 1.67. The number of amides is 1. The first-order valence-corrected chi connectivity index (χ1v) is 9.95. The Morgan fingerprint density at radius 1 is 1.10 bits per heavy atom. The van der Waals surface area contributed by atoms with Gasteiger partial charge in [0, 0.05) is 25.4 Å². The first kappa shape index (κ1) is 20.1. The minimum absolute atomic E-state index is 0.0109. The van der Waals surface area contributed by atoms with Crippen LogP contribution in [0.25, 0.3) is 22.4 Å². The van der Waals surface area contributed by atoms with E-state index < -0.39 is 5.82 Å². The molecule has 1 amide bonds. The Morgan fingerprint density at radius 2 is 1.80 bits per heavy atom. The van der Waals surface area contributed by atoms with Crippen molar-refractivity contribution in [3.8, 4) is 28.1 Å². The summed E-state index contributed by atoms with van der Waals surface area (Å²) >= 11 is 0. The van der Waals surface area contributed by atoms with Crippen molar-refractivity contribution in [2.45, 2.75) is 26.1 Å². The van der Waals surface area contributed by atoms with Gasteiger partial charge in [-0.25, -0.2) is 4.39 Å². The number of carbonyl (C=O) groups is 1. The van der Waals surface area contributed by atoms with Gasteiger partial charge in [-0.3, -0.25) is 9.89 Å². The fourth-order valence-corrected chi connectivity index (χ4v) is 3.69. The molecule has 2 aromatic carbocycles. The van der Waals surface area contributed by atoms with Crippen molar-refractivity contribution in [1.29, 1.82) is 0 Å². The zero-order valence-electron chi connectivity index (χ0n) is 17.0. The number of H-pyrrole nitrogens is 1. The number of hydrogen-bond acceptors (Lipinski definition) is 4. The van der Waals surface area contributed by atoms with Crippen LogP contribution in [0.3, 0.4) is 0 Å². The molecule has 3 aromatic rings. The van der Waals surface area contributed by atoms with E-state index in [1.54, 1.807) is 17.2 Å². The smallest absolute Gasteiger partial charge is 0.260 e. The molecule has 1 aliphatic heterocycles. The molecule has 1 saturated heterocycles. The molecule has 0 bridgehead atoms. The highest BCUT2D eigenvalue weighted by molar-refractivity contribution is 5.78. The molecule has 6 nitrogen and oxygen atoms in total. The highest BCUT2D eigenvalue weighted by Gasteiger charge is 2.26. The normalized spacial score (nSPS) is 19.0. The fourth-order valence-electron chi connectivity index (χ4n) is 3.69. The molecular formula is C23H24FN3O3. The maximum absolute atomic E-state index is 14.2. The van der Waals surface area contributed by atoms with Crippen LogP contribution >= 0.6 is 0 Å². The van der Waals surface area contributed by atoms with Gasteiger partial charge in [-0.1, -0.05) is 24.3 Å². The predicted octanol–water partition coefficient (Wildman–Crippen LogP) is 3.90. The molecule has 2 atom stereocenters. The predicted molar refractivity (Wildman–Crippen MR) is 112 cm³/mol. The number of halogens is 1. The topological polar surface area (TPSA) is 67.5 Å². The third-order valence-electron chi connectivity index (χ3n) is 5.04. The van der Waals surface area contributed by atoms with Crippen molar-refractivity contribution in [3.05, 3.63) is 60.5 Å². The summed E-state index contributed by atoms with van der Waals surface area (Å²) in [7, 11) is 0. The highest BCUT2D eigenvalue weighted by atomic mass is 19.1. The van der Waals surface area contributed by atoms with Crippen LogP contribution in [-0.4, -0.2) is 52.9 Å². The summed E-state index contributed by atoms with van der Waals surface area (Å²) in [6, 6.07) is 14.1. The Hall–Kier alpha value is -3.19. The van der Waals surface area contributed by atoms with Crippen molar-refractivity contribution in [3.63, 3.8) is 0 Å². The van der Waals surface area contributed by atoms with E-state index in [4.69, 9.17) is 9.47 Å². The maximum atomic E-state index is 14.2. The largest absolute Gasteiger partial charge is 0.484 e. The second-order valence-corrected chi connectivity index (χ2v) is 7.57. The Bertz CT molecular complexity index is 995. The second kappa shape index (κ2) is 8.67. The van der Waals surface area contributed by atoms with Crippen LogP contribution in [0, 0.1) is 5.82 Å². The van der Waals surface area contributed by atoms with Crippen LogP contribution in [0.15, 0.2) is 54.7 Å². The van der Waals surface area contributed by atoms with E-state index in [-0.39, 0.29) is 24.7 Å². The molecule has 0 aliphatic carbocycles. The molecule has 0 radical (unpaired) electrons. The molecule has 2 heterocycles. The molecule has 7 heteroatoms. The fraction of sp³-hybridized carbons (Fsp3) is 0.304. The van der Waals surface area contributed by atoms with E-state index in [1.807, 2.05) is 44.2 Å². The van der Waals surface area contributed by atoms with Gasteiger partial charge in [0.15, 0.2) is 6.61 Å². The minimum Gasteiger partial charge on any atom is -0.484 e. The minimum atomic E-state index is -0.416. The summed E-state index contributed by atoms with van der Waals surface area (Å²) in [6.45, 7) is 4.80. The molecule has 0 spiro atoms. The first-order chi connectivity index (χ1) is 14.5. The number of rotatable bonds is 5. The number of nitrogens with one attached hydrogen (secondary N) is 1. The van der Waals surface area contributed by atoms with Crippen LogP contribution in [0.1, 0.15) is 13.8 Å². The van der Waals surface area contributed by atoms with Gasteiger partial charge in [0.1, 0.15) is 11.6 Å². The average Bonchev–Trinajstić information content (AvgIpc) is 3.26. The van der Waals surface area contributed by atoms with E-state index in [2.05, 4.69) is 10.2 Å². The molecule has 1 fully saturated rings. The van der Waals surface area contributed by atoms with Crippen LogP contribution < -0.4 is 4.74 Å². The van der Waals surface area contributed by atoms with Crippen molar-refractivity contribution in [2.24, 2.45) is 0 Å². The number of ether oxygens (including phenoxy) is 2. The van der Waals surface area contributed by atoms with Gasteiger partial charge in [0.25, 0.3) is 5.91 Å². The van der Waals surface area contributed by atoms with Gasteiger partial charge >= 0.3 is 0 Å². The SMILES string of the molecule is C[C@@H]1CN(C(=O)COc2cc(F)cc(-c3ccc(-c4ccn[nH]4)cc3)c2)C[C@H](C)O1. The summed E-state index contributed by atoms with van der Waals surface area (Å²) in [5.41, 5.74) is 3.44. The average molecular weight is 409 g/mol.